The van der Waals surface area contributed by atoms with Crippen LogP contribution in [-0.4, -0.2) is 36.9 Å². The van der Waals surface area contributed by atoms with E-state index in [4.69, 9.17) is 5.11 Å². The van der Waals surface area contributed by atoms with Gasteiger partial charge < -0.3 is 5.11 Å². The van der Waals surface area contributed by atoms with Gasteiger partial charge in [-0.3, -0.25) is 19.1 Å². The van der Waals surface area contributed by atoms with E-state index < -0.39 is 33.6 Å². The van der Waals surface area contributed by atoms with E-state index in [-0.39, 0.29) is 18.6 Å². The molecule has 0 heterocycles. The summed E-state index contributed by atoms with van der Waals surface area (Å²) in [4.78, 5) is 35.1. The summed E-state index contributed by atoms with van der Waals surface area (Å²) >= 11 is 0. The fraction of sp³-hybridized carbons (Fsp3) is 0.250. The fourth-order valence-corrected chi connectivity index (χ4v) is 3.65. The average Bonchev–Trinajstić information content (AvgIpc) is 2.66. The van der Waals surface area contributed by atoms with Gasteiger partial charge in [0.05, 0.1) is 11.7 Å². The van der Waals surface area contributed by atoms with E-state index >= 15 is 0 Å². The van der Waals surface area contributed by atoms with Gasteiger partial charge >= 0.3 is 5.97 Å². The molecule has 2 rings (SSSR count). The zero-order chi connectivity index (χ0) is 20.7. The Kier molecular flexibility index (Phi) is 7.06. The molecule has 0 radical (unpaired) electrons. The molecule has 1 unspecified atom stereocenters. The van der Waals surface area contributed by atoms with Crippen molar-refractivity contribution in [2.75, 3.05) is 5.75 Å². The number of carbonyl (C=O) groups is 3. The maximum atomic E-state index is 12.4. The van der Waals surface area contributed by atoms with Gasteiger partial charge in [0, 0.05) is 17.5 Å². The second kappa shape index (κ2) is 9.27. The minimum Gasteiger partial charge on any atom is -0.481 e. The first-order chi connectivity index (χ1) is 13.2. The first-order valence-corrected chi connectivity index (χ1v) is 10.3. The van der Waals surface area contributed by atoms with Gasteiger partial charge in [0.2, 0.25) is 15.9 Å². The van der Waals surface area contributed by atoms with Gasteiger partial charge in [0.1, 0.15) is 0 Å². The molecular formula is C20H21NO6S. The first-order valence-electron chi connectivity index (χ1n) is 8.65. The molecule has 0 bridgehead atoms. The quantitative estimate of drug-likeness (QED) is 0.621. The van der Waals surface area contributed by atoms with Crippen LogP contribution >= 0.6 is 0 Å². The molecule has 28 heavy (non-hydrogen) atoms. The normalized spacial score (nSPS) is 12.2. The largest absolute Gasteiger partial charge is 0.481 e. The van der Waals surface area contributed by atoms with E-state index in [2.05, 4.69) is 0 Å². The van der Waals surface area contributed by atoms with Gasteiger partial charge in [0.25, 0.3) is 0 Å². The van der Waals surface area contributed by atoms with Crippen LogP contribution in [0.3, 0.4) is 0 Å². The Labute approximate surface area is 163 Å². The van der Waals surface area contributed by atoms with Crippen LogP contribution in [0, 0.1) is 0 Å². The van der Waals surface area contributed by atoms with E-state index in [1.807, 2.05) is 10.8 Å². The lowest BCUT2D eigenvalue weighted by atomic mass is 9.97. The summed E-state index contributed by atoms with van der Waals surface area (Å²) in [5, 5.41) is 8.56. The van der Waals surface area contributed by atoms with Crippen molar-refractivity contribution in [1.82, 2.24) is 4.72 Å². The number of nitrogens with one attached hydrogen (secondary N) is 1. The van der Waals surface area contributed by atoms with Crippen LogP contribution in [0.15, 0.2) is 54.6 Å². The standard InChI is InChI=1S/C20H21NO6S/c1-14(20(25)21-28(26,27)13-5-8-18(22)23)15-9-11-17(12-10-15)19(24)16-6-3-2-4-7-16/h2-4,6-7,9-12,14H,5,8,13H2,1H3,(H,21,25)(H,22,23). The van der Waals surface area contributed by atoms with Crippen LogP contribution in [0.4, 0.5) is 0 Å². The molecule has 0 aliphatic carbocycles. The highest BCUT2D eigenvalue weighted by atomic mass is 32.2. The molecule has 0 spiro atoms. The van der Waals surface area contributed by atoms with Crippen LogP contribution in [0.5, 0.6) is 0 Å². The number of carboxylic acids is 1. The monoisotopic (exact) mass is 403 g/mol. The number of carbonyl (C=O) groups excluding carboxylic acids is 2. The van der Waals surface area contributed by atoms with E-state index in [9.17, 15) is 22.8 Å². The van der Waals surface area contributed by atoms with Crippen molar-refractivity contribution in [1.29, 1.82) is 0 Å². The van der Waals surface area contributed by atoms with Gasteiger partial charge in [-0.15, -0.1) is 0 Å². The molecular weight excluding hydrogens is 382 g/mol. The molecule has 1 amide bonds. The molecule has 2 N–H and O–H groups in total. The Balaban J connectivity index is 2.02. The molecule has 0 fully saturated rings. The van der Waals surface area contributed by atoms with Gasteiger partial charge in [-0.1, -0.05) is 54.6 Å². The summed E-state index contributed by atoms with van der Waals surface area (Å²) in [6.45, 7) is 1.55. The predicted molar refractivity (Wildman–Crippen MR) is 104 cm³/mol. The molecule has 0 saturated carbocycles. The van der Waals surface area contributed by atoms with Crippen LogP contribution in [0.2, 0.25) is 0 Å². The summed E-state index contributed by atoms with van der Waals surface area (Å²) in [5.41, 5.74) is 1.57. The summed E-state index contributed by atoms with van der Waals surface area (Å²) < 4.78 is 25.7. The zero-order valence-electron chi connectivity index (χ0n) is 15.3. The first kappa shape index (κ1) is 21.3. The number of hydrogen-bond donors (Lipinski definition) is 2. The smallest absolute Gasteiger partial charge is 0.303 e. The Morgan fingerprint density at radius 1 is 0.964 bits per heavy atom. The Morgan fingerprint density at radius 3 is 2.11 bits per heavy atom. The average molecular weight is 403 g/mol. The number of sulfonamides is 1. The lowest BCUT2D eigenvalue weighted by Crippen LogP contribution is -2.35. The molecule has 1 atom stereocenters. The third kappa shape index (κ3) is 6.02. The molecule has 2 aromatic rings. The second-order valence-electron chi connectivity index (χ2n) is 6.32. The maximum Gasteiger partial charge on any atom is 0.303 e. The van der Waals surface area contributed by atoms with Crippen molar-refractivity contribution in [2.24, 2.45) is 0 Å². The summed E-state index contributed by atoms with van der Waals surface area (Å²) in [6, 6.07) is 15.2. The Bertz CT molecular complexity index is 952. The van der Waals surface area contributed by atoms with Crippen molar-refractivity contribution in [3.63, 3.8) is 0 Å². The van der Waals surface area contributed by atoms with Gasteiger partial charge in [-0.05, 0) is 18.9 Å². The predicted octanol–water partition coefficient (Wildman–Crippen LogP) is 2.33. The highest BCUT2D eigenvalue weighted by Gasteiger charge is 2.21. The minimum absolute atomic E-state index is 0.0807. The highest BCUT2D eigenvalue weighted by molar-refractivity contribution is 7.90. The molecule has 0 aliphatic heterocycles. The number of benzene rings is 2. The summed E-state index contributed by atoms with van der Waals surface area (Å²) in [7, 11) is -3.90. The number of rotatable bonds is 9. The lowest BCUT2D eigenvalue weighted by molar-refractivity contribution is -0.137. The number of carboxylic acid groups (broad SMARTS) is 1. The van der Waals surface area contributed by atoms with Gasteiger partial charge in [0.15, 0.2) is 5.78 Å². The molecule has 0 saturated heterocycles. The molecule has 7 nitrogen and oxygen atoms in total. The van der Waals surface area contributed by atoms with E-state index in [0.717, 1.165) is 0 Å². The van der Waals surface area contributed by atoms with E-state index in [1.54, 1.807) is 55.5 Å². The number of ketones is 1. The number of hydrogen-bond acceptors (Lipinski definition) is 5. The Hall–Kier alpha value is -3.00. The number of aliphatic carboxylic acids is 1. The van der Waals surface area contributed by atoms with Crippen molar-refractivity contribution >= 4 is 27.7 Å². The minimum atomic E-state index is -3.90. The highest BCUT2D eigenvalue weighted by Crippen LogP contribution is 2.18. The van der Waals surface area contributed by atoms with E-state index in [1.165, 1.54) is 0 Å². The maximum absolute atomic E-state index is 12.4. The van der Waals surface area contributed by atoms with Gasteiger partial charge in [-0.2, -0.15) is 0 Å². The van der Waals surface area contributed by atoms with Crippen molar-refractivity contribution < 1.29 is 27.9 Å². The third-order valence-electron chi connectivity index (χ3n) is 4.16. The second-order valence-corrected chi connectivity index (χ2v) is 8.16. The van der Waals surface area contributed by atoms with Crippen LogP contribution in [0.25, 0.3) is 0 Å². The third-order valence-corrected chi connectivity index (χ3v) is 5.50. The van der Waals surface area contributed by atoms with Crippen molar-refractivity contribution in [3.05, 3.63) is 71.3 Å². The summed E-state index contributed by atoms with van der Waals surface area (Å²) in [6.07, 6.45) is -0.371. The van der Waals surface area contributed by atoms with E-state index in [0.29, 0.717) is 16.7 Å². The Morgan fingerprint density at radius 2 is 1.54 bits per heavy atom. The summed E-state index contributed by atoms with van der Waals surface area (Å²) in [5.74, 6) is -3.15. The lowest BCUT2D eigenvalue weighted by Gasteiger charge is -2.13. The number of amides is 1. The van der Waals surface area contributed by atoms with Crippen LogP contribution < -0.4 is 4.72 Å². The molecule has 0 aromatic heterocycles. The molecule has 0 aliphatic rings. The fourth-order valence-electron chi connectivity index (χ4n) is 2.54. The molecule has 2 aromatic carbocycles. The van der Waals surface area contributed by atoms with Crippen molar-refractivity contribution in [3.8, 4) is 0 Å². The zero-order valence-corrected chi connectivity index (χ0v) is 16.1. The topological polar surface area (TPSA) is 118 Å². The van der Waals surface area contributed by atoms with Crippen LogP contribution in [0.1, 0.15) is 47.2 Å². The molecule has 8 heteroatoms. The van der Waals surface area contributed by atoms with Gasteiger partial charge in [-0.25, -0.2) is 8.42 Å². The van der Waals surface area contributed by atoms with Crippen LogP contribution in [-0.2, 0) is 19.6 Å². The molecule has 148 valence electrons. The SMILES string of the molecule is CC(C(=O)NS(=O)(=O)CCCC(=O)O)c1ccc(C(=O)c2ccccc2)cc1. The van der Waals surface area contributed by atoms with Crippen molar-refractivity contribution in [2.45, 2.75) is 25.7 Å².